The molecule has 11 nitrogen and oxygen atoms in total. The molecule has 0 unspecified atom stereocenters. The number of anilines is 3. The van der Waals surface area contributed by atoms with Crippen LogP contribution in [0.25, 0.3) is 22.3 Å². The quantitative estimate of drug-likeness (QED) is 0.313. The zero-order valence-corrected chi connectivity index (χ0v) is 23.3. The summed E-state index contributed by atoms with van der Waals surface area (Å²) in [7, 11) is 1.61. The molecule has 0 radical (unpaired) electrons. The van der Waals surface area contributed by atoms with Gasteiger partial charge in [-0.2, -0.15) is 41.4 Å². The zero-order chi connectivity index (χ0) is 31.7. The topological polar surface area (TPSA) is 130 Å². The van der Waals surface area contributed by atoms with Crippen molar-refractivity contribution < 1.29 is 40.8 Å². The molecule has 1 aromatic carbocycles. The highest BCUT2D eigenvalue weighted by Gasteiger charge is 2.44. The molecular weight excluding hydrogens is 586 g/mol. The SMILES string of the molecule is CNc1nc(N)nc2nc(-c3c(N4CCN(CC(=O)N(OC(=O)C(F)(F)F)C(C)C)CC4)cccc3C(F)(F)F)ccc12. The highest BCUT2D eigenvalue weighted by molar-refractivity contribution is 5.91. The van der Waals surface area contributed by atoms with E-state index in [9.17, 15) is 35.9 Å². The maximum atomic E-state index is 14.2. The number of hydrogen-bond acceptors (Lipinski definition) is 10. The van der Waals surface area contributed by atoms with E-state index in [1.165, 1.54) is 32.0 Å². The summed E-state index contributed by atoms with van der Waals surface area (Å²) in [6, 6.07) is 5.89. The molecule has 1 saturated heterocycles. The van der Waals surface area contributed by atoms with Gasteiger partial charge in [0, 0.05) is 44.5 Å². The van der Waals surface area contributed by atoms with Crippen LogP contribution in [0, 0.1) is 0 Å². The van der Waals surface area contributed by atoms with E-state index in [-0.39, 0.29) is 61.3 Å². The first-order valence-electron chi connectivity index (χ1n) is 13.0. The Hall–Kier alpha value is -4.41. The van der Waals surface area contributed by atoms with Gasteiger partial charge >= 0.3 is 18.3 Å². The molecule has 0 bridgehead atoms. The van der Waals surface area contributed by atoms with E-state index < -0.39 is 35.8 Å². The number of alkyl halides is 6. The van der Waals surface area contributed by atoms with Gasteiger partial charge in [-0.25, -0.2) is 9.78 Å². The third kappa shape index (κ3) is 6.98. The molecule has 3 heterocycles. The second kappa shape index (κ2) is 12.1. The summed E-state index contributed by atoms with van der Waals surface area (Å²) in [6.45, 7) is 3.12. The number of halogens is 6. The van der Waals surface area contributed by atoms with E-state index in [1.54, 1.807) is 22.9 Å². The van der Waals surface area contributed by atoms with Gasteiger partial charge in [-0.3, -0.25) is 9.69 Å². The van der Waals surface area contributed by atoms with Crippen LogP contribution in [-0.4, -0.2) is 88.8 Å². The van der Waals surface area contributed by atoms with Gasteiger partial charge in [0.1, 0.15) is 5.82 Å². The number of rotatable bonds is 6. The first-order chi connectivity index (χ1) is 20.1. The average Bonchev–Trinajstić information content (AvgIpc) is 2.93. The van der Waals surface area contributed by atoms with E-state index in [0.29, 0.717) is 16.3 Å². The fourth-order valence-electron chi connectivity index (χ4n) is 4.66. The normalized spacial score (nSPS) is 14.7. The smallest absolute Gasteiger partial charge is 0.372 e. The van der Waals surface area contributed by atoms with Gasteiger partial charge in [-0.1, -0.05) is 6.07 Å². The molecule has 0 spiro atoms. The summed E-state index contributed by atoms with van der Waals surface area (Å²) in [5.74, 6) is -3.14. The molecule has 232 valence electrons. The Labute approximate surface area is 241 Å². The average molecular weight is 615 g/mol. The number of amides is 1. The number of carbonyl (C=O) groups excluding carboxylic acids is 2. The van der Waals surface area contributed by atoms with E-state index >= 15 is 0 Å². The molecule has 3 N–H and O–H groups in total. The fourth-order valence-corrected chi connectivity index (χ4v) is 4.66. The first-order valence-corrected chi connectivity index (χ1v) is 13.0. The minimum absolute atomic E-state index is 0.00670. The third-order valence-electron chi connectivity index (χ3n) is 6.62. The molecule has 0 aliphatic carbocycles. The fraction of sp³-hybridized carbons (Fsp3) is 0.423. The predicted molar refractivity (Wildman–Crippen MR) is 145 cm³/mol. The van der Waals surface area contributed by atoms with Crippen LogP contribution < -0.4 is 16.0 Å². The number of benzene rings is 1. The summed E-state index contributed by atoms with van der Waals surface area (Å²) in [4.78, 5) is 44.1. The molecule has 0 saturated carbocycles. The maximum Gasteiger partial charge on any atom is 0.493 e. The van der Waals surface area contributed by atoms with Gasteiger partial charge in [-0.05, 0) is 38.1 Å². The zero-order valence-electron chi connectivity index (χ0n) is 23.3. The molecular formula is C26H28F6N8O3. The van der Waals surface area contributed by atoms with Crippen molar-refractivity contribution in [1.29, 1.82) is 0 Å². The Morgan fingerprint density at radius 3 is 2.28 bits per heavy atom. The van der Waals surface area contributed by atoms with Crippen molar-refractivity contribution in [2.45, 2.75) is 32.2 Å². The van der Waals surface area contributed by atoms with Crippen molar-refractivity contribution in [2.24, 2.45) is 0 Å². The van der Waals surface area contributed by atoms with Crippen molar-refractivity contribution >= 4 is 40.4 Å². The lowest BCUT2D eigenvalue weighted by Crippen LogP contribution is -2.52. The number of hydrogen-bond donors (Lipinski definition) is 2. The van der Waals surface area contributed by atoms with Crippen molar-refractivity contribution in [3.05, 3.63) is 35.9 Å². The maximum absolute atomic E-state index is 14.2. The number of aromatic nitrogens is 3. The largest absolute Gasteiger partial charge is 0.493 e. The van der Waals surface area contributed by atoms with Gasteiger partial charge in [0.2, 0.25) is 5.95 Å². The van der Waals surface area contributed by atoms with Crippen LogP contribution in [0.1, 0.15) is 19.4 Å². The van der Waals surface area contributed by atoms with Crippen LogP contribution in [0.15, 0.2) is 30.3 Å². The summed E-state index contributed by atoms with van der Waals surface area (Å²) in [6.07, 6.45) is -10.00. The number of piperazine rings is 1. The first kappa shape index (κ1) is 31.5. The predicted octanol–water partition coefficient (Wildman–Crippen LogP) is 3.71. The Bertz CT molecular complexity index is 1510. The van der Waals surface area contributed by atoms with Crippen molar-refractivity contribution in [3.63, 3.8) is 0 Å². The van der Waals surface area contributed by atoms with Crippen molar-refractivity contribution in [3.8, 4) is 11.3 Å². The van der Waals surface area contributed by atoms with Crippen molar-refractivity contribution in [1.82, 2.24) is 24.9 Å². The molecule has 43 heavy (non-hydrogen) atoms. The van der Waals surface area contributed by atoms with E-state index in [4.69, 9.17) is 5.73 Å². The van der Waals surface area contributed by atoms with E-state index in [1.807, 2.05) is 0 Å². The molecule has 2 aromatic heterocycles. The number of nitrogens with zero attached hydrogens (tertiary/aromatic N) is 6. The van der Waals surface area contributed by atoms with Crippen LogP contribution in [-0.2, 0) is 20.6 Å². The second-order valence-electron chi connectivity index (χ2n) is 9.90. The lowest BCUT2D eigenvalue weighted by Gasteiger charge is -2.37. The summed E-state index contributed by atoms with van der Waals surface area (Å²) in [5, 5.41) is 3.68. The number of nitrogens with one attached hydrogen (secondary N) is 1. The van der Waals surface area contributed by atoms with Gasteiger partial charge in [0.25, 0.3) is 5.91 Å². The molecule has 0 atom stereocenters. The summed E-state index contributed by atoms with van der Waals surface area (Å²) in [5.41, 5.74) is 5.03. The molecule has 1 aliphatic rings. The van der Waals surface area contributed by atoms with Crippen LogP contribution in [0.2, 0.25) is 0 Å². The number of pyridine rings is 1. The third-order valence-corrected chi connectivity index (χ3v) is 6.62. The number of nitrogens with two attached hydrogens (primary N) is 1. The standard InChI is InChI=1S/C26H28F6N8O3/c1-14(2)40(43-23(42)26(30,31)32)19(41)13-38-9-11-39(12-10-38)18-6-4-5-16(25(27,28)29)20(18)17-8-7-15-21(34-3)36-24(33)37-22(15)35-17/h4-8,14H,9-13H2,1-3H3,(H3,33,34,35,36,37). The lowest BCUT2D eigenvalue weighted by atomic mass is 9.99. The lowest BCUT2D eigenvalue weighted by molar-refractivity contribution is -0.242. The monoisotopic (exact) mass is 614 g/mol. The van der Waals surface area contributed by atoms with Crippen molar-refractivity contribution in [2.75, 3.05) is 55.7 Å². The van der Waals surface area contributed by atoms with Gasteiger partial charge in [0.15, 0.2) is 5.65 Å². The summed E-state index contributed by atoms with van der Waals surface area (Å²) < 4.78 is 80.7. The molecule has 17 heteroatoms. The van der Waals surface area contributed by atoms with Gasteiger partial charge in [-0.15, -0.1) is 0 Å². The van der Waals surface area contributed by atoms with Crippen LogP contribution >= 0.6 is 0 Å². The minimum atomic E-state index is -5.28. The van der Waals surface area contributed by atoms with Crippen LogP contribution in [0.4, 0.5) is 43.8 Å². The Kier molecular flexibility index (Phi) is 8.84. The van der Waals surface area contributed by atoms with E-state index in [2.05, 4.69) is 25.1 Å². The number of carbonyl (C=O) groups is 2. The van der Waals surface area contributed by atoms with Gasteiger partial charge in [0.05, 0.1) is 29.2 Å². The molecule has 1 amide bonds. The highest BCUT2D eigenvalue weighted by atomic mass is 19.4. The number of nitrogen functional groups attached to an aromatic ring is 1. The van der Waals surface area contributed by atoms with Crippen LogP contribution in [0.3, 0.4) is 0 Å². The number of hydroxylamine groups is 2. The second-order valence-corrected chi connectivity index (χ2v) is 9.90. The van der Waals surface area contributed by atoms with Crippen LogP contribution in [0.5, 0.6) is 0 Å². The molecule has 1 aliphatic heterocycles. The Balaban J connectivity index is 1.59. The molecule has 4 rings (SSSR count). The Morgan fingerprint density at radius 1 is 1.02 bits per heavy atom. The summed E-state index contributed by atoms with van der Waals surface area (Å²) >= 11 is 0. The van der Waals surface area contributed by atoms with E-state index in [0.717, 1.165) is 6.07 Å². The molecule has 1 fully saturated rings. The minimum Gasteiger partial charge on any atom is -0.372 e. The molecule has 3 aromatic rings. The number of fused-ring (bicyclic) bond motifs is 1. The highest BCUT2D eigenvalue weighted by Crippen LogP contribution is 2.42. The van der Waals surface area contributed by atoms with Gasteiger partial charge < -0.3 is 20.8 Å². The Morgan fingerprint density at radius 2 is 1.70 bits per heavy atom.